The molecule has 21 heavy (non-hydrogen) atoms. The smallest absolute Gasteiger partial charge is 0.251 e. The van der Waals surface area contributed by atoms with E-state index in [2.05, 4.69) is 29.2 Å². The molecule has 0 saturated carbocycles. The van der Waals surface area contributed by atoms with Crippen molar-refractivity contribution in [1.29, 1.82) is 0 Å². The van der Waals surface area contributed by atoms with Crippen LogP contribution in [0.5, 0.6) is 5.88 Å². The minimum absolute atomic E-state index is 0.0252. The third-order valence-corrected chi connectivity index (χ3v) is 4.11. The summed E-state index contributed by atoms with van der Waals surface area (Å²) >= 11 is 0. The average Bonchev–Trinajstić information content (AvgIpc) is 2.89. The van der Waals surface area contributed by atoms with Gasteiger partial charge in [0.1, 0.15) is 5.76 Å². The van der Waals surface area contributed by atoms with Crippen molar-refractivity contribution < 1.29 is 14.4 Å². The lowest BCUT2D eigenvalue weighted by atomic mass is 9.96. The van der Waals surface area contributed by atoms with Crippen LogP contribution in [0.1, 0.15) is 38.9 Å². The van der Waals surface area contributed by atoms with Gasteiger partial charge in [0.2, 0.25) is 5.91 Å². The molecule has 1 amide bonds. The van der Waals surface area contributed by atoms with Gasteiger partial charge in [-0.3, -0.25) is 4.79 Å². The molecule has 1 aromatic heterocycles. The Hall–Kier alpha value is -1.56. The molecule has 2 heterocycles. The zero-order valence-corrected chi connectivity index (χ0v) is 12.8. The molecule has 0 radical (unpaired) electrons. The van der Waals surface area contributed by atoms with E-state index in [9.17, 15) is 4.79 Å². The molecule has 0 aromatic carbocycles. The summed E-state index contributed by atoms with van der Waals surface area (Å²) in [7, 11) is 0. The molecule has 0 unspecified atom stereocenters. The van der Waals surface area contributed by atoms with E-state index in [-0.39, 0.29) is 11.8 Å². The largest absolute Gasteiger partial charge is 0.491 e. The summed E-state index contributed by atoms with van der Waals surface area (Å²) < 4.78 is 4.86. The van der Waals surface area contributed by atoms with Gasteiger partial charge in [0.25, 0.3) is 5.88 Å². The van der Waals surface area contributed by atoms with E-state index in [4.69, 9.17) is 9.63 Å². The van der Waals surface area contributed by atoms with Crippen LogP contribution in [0.3, 0.4) is 0 Å². The number of amides is 1. The zero-order chi connectivity index (χ0) is 15.2. The van der Waals surface area contributed by atoms with E-state index in [1.165, 1.54) is 6.07 Å². The monoisotopic (exact) mass is 295 g/mol. The summed E-state index contributed by atoms with van der Waals surface area (Å²) in [5.41, 5.74) is 0. The van der Waals surface area contributed by atoms with Crippen molar-refractivity contribution in [3.63, 3.8) is 0 Å². The standard InChI is InChI=1S/C15H25N3O3/c1-11(2)18-7-5-12(6-8-18)10-16-14(19)4-3-13-9-15(20)17-21-13/h9,11-12H,3-8,10H2,1-2H3,(H,16,19)(H,17,20). The highest BCUT2D eigenvalue weighted by atomic mass is 16.5. The third-order valence-electron chi connectivity index (χ3n) is 4.11. The van der Waals surface area contributed by atoms with Crippen LogP contribution in [-0.4, -0.2) is 46.7 Å². The second kappa shape index (κ2) is 7.45. The number of nitrogens with one attached hydrogen (secondary N) is 1. The molecule has 2 rings (SSSR count). The highest BCUT2D eigenvalue weighted by molar-refractivity contribution is 5.76. The van der Waals surface area contributed by atoms with Gasteiger partial charge in [-0.25, -0.2) is 0 Å². The SMILES string of the molecule is CC(C)N1CCC(CNC(=O)CCc2cc(O)no2)CC1. The third kappa shape index (κ3) is 5.04. The van der Waals surface area contributed by atoms with Crippen molar-refractivity contribution >= 4 is 5.91 Å². The van der Waals surface area contributed by atoms with Gasteiger partial charge in [-0.1, -0.05) is 0 Å². The average molecular weight is 295 g/mol. The lowest BCUT2D eigenvalue weighted by molar-refractivity contribution is -0.121. The Balaban J connectivity index is 1.61. The molecule has 118 valence electrons. The van der Waals surface area contributed by atoms with E-state index < -0.39 is 0 Å². The van der Waals surface area contributed by atoms with Gasteiger partial charge in [0.15, 0.2) is 0 Å². The molecule has 0 bridgehead atoms. The number of aromatic hydroxyl groups is 1. The summed E-state index contributed by atoms with van der Waals surface area (Å²) in [6.45, 7) is 7.45. The fourth-order valence-electron chi connectivity index (χ4n) is 2.68. The maximum Gasteiger partial charge on any atom is 0.251 e. The molecule has 1 aliphatic heterocycles. The number of nitrogens with zero attached hydrogens (tertiary/aromatic N) is 2. The first-order valence-electron chi connectivity index (χ1n) is 7.70. The lowest BCUT2D eigenvalue weighted by Gasteiger charge is -2.34. The predicted molar refractivity (Wildman–Crippen MR) is 78.9 cm³/mol. The number of aryl methyl sites for hydroxylation is 1. The van der Waals surface area contributed by atoms with Gasteiger partial charge in [-0.05, 0) is 50.9 Å². The van der Waals surface area contributed by atoms with Gasteiger partial charge >= 0.3 is 0 Å². The molecule has 1 aromatic rings. The van der Waals surface area contributed by atoms with Crippen molar-refractivity contribution in [2.24, 2.45) is 5.92 Å². The Bertz CT molecular complexity index is 451. The van der Waals surface area contributed by atoms with E-state index in [0.717, 1.165) is 32.5 Å². The number of carbonyl (C=O) groups is 1. The molecule has 1 saturated heterocycles. The highest BCUT2D eigenvalue weighted by Gasteiger charge is 2.21. The Morgan fingerprint density at radius 2 is 2.24 bits per heavy atom. The van der Waals surface area contributed by atoms with Crippen LogP contribution < -0.4 is 5.32 Å². The zero-order valence-electron chi connectivity index (χ0n) is 12.8. The first-order chi connectivity index (χ1) is 10.0. The van der Waals surface area contributed by atoms with Gasteiger partial charge in [0, 0.05) is 31.5 Å². The van der Waals surface area contributed by atoms with Crippen molar-refractivity contribution in [2.75, 3.05) is 19.6 Å². The second-order valence-electron chi connectivity index (χ2n) is 6.03. The molecule has 0 spiro atoms. The number of hydrogen-bond donors (Lipinski definition) is 2. The van der Waals surface area contributed by atoms with Crippen molar-refractivity contribution in [3.05, 3.63) is 11.8 Å². The molecule has 0 atom stereocenters. The minimum Gasteiger partial charge on any atom is -0.491 e. The Labute approximate surface area is 125 Å². The molecule has 1 fully saturated rings. The minimum atomic E-state index is -0.137. The van der Waals surface area contributed by atoms with E-state index in [1.54, 1.807) is 0 Å². The molecule has 6 nitrogen and oxygen atoms in total. The Kier molecular flexibility index (Phi) is 5.61. The summed E-state index contributed by atoms with van der Waals surface area (Å²) in [5, 5.41) is 15.4. The van der Waals surface area contributed by atoms with Crippen LogP contribution in [0.25, 0.3) is 0 Å². The Morgan fingerprint density at radius 1 is 1.52 bits per heavy atom. The summed E-state index contributed by atoms with van der Waals surface area (Å²) in [4.78, 5) is 14.3. The first-order valence-corrected chi connectivity index (χ1v) is 7.70. The van der Waals surface area contributed by atoms with E-state index in [1.807, 2.05) is 0 Å². The quantitative estimate of drug-likeness (QED) is 0.832. The number of rotatable bonds is 6. The van der Waals surface area contributed by atoms with Crippen LogP contribution in [0.15, 0.2) is 10.6 Å². The molecule has 6 heteroatoms. The lowest BCUT2D eigenvalue weighted by Crippen LogP contribution is -2.41. The van der Waals surface area contributed by atoms with E-state index in [0.29, 0.717) is 30.6 Å². The topological polar surface area (TPSA) is 78.6 Å². The summed E-state index contributed by atoms with van der Waals surface area (Å²) in [5.74, 6) is 1.01. The van der Waals surface area contributed by atoms with Crippen molar-refractivity contribution in [2.45, 2.75) is 45.6 Å². The maximum absolute atomic E-state index is 11.8. The number of piperidine rings is 1. The van der Waals surface area contributed by atoms with Crippen molar-refractivity contribution in [3.8, 4) is 5.88 Å². The molecule has 2 N–H and O–H groups in total. The van der Waals surface area contributed by atoms with Gasteiger partial charge < -0.3 is 19.8 Å². The van der Waals surface area contributed by atoms with Gasteiger partial charge in [-0.2, -0.15) is 0 Å². The summed E-state index contributed by atoms with van der Waals surface area (Å²) in [6, 6.07) is 2.05. The fraction of sp³-hybridized carbons (Fsp3) is 0.733. The first kappa shape index (κ1) is 15.8. The van der Waals surface area contributed by atoms with Crippen LogP contribution in [0.2, 0.25) is 0 Å². The molecule has 0 aliphatic carbocycles. The van der Waals surface area contributed by atoms with Crippen molar-refractivity contribution in [1.82, 2.24) is 15.4 Å². The van der Waals surface area contributed by atoms with Gasteiger partial charge in [0.05, 0.1) is 0 Å². The maximum atomic E-state index is 11.8. The van der Waals surface area contributed by atoms with E-state index >= 15 is 0 Å². The normalized spacial score (nSPS) is 17.3. The highest BCUT2D eigenvalue weighted by Crippen LogP contribution is 2.18. The van der Waals surface area contributed by atoms with Crippen LogP contribution >= 0.6 is 0 Å². The number of hydrogen-bond acceptors (Lipinski definition) is 5. The number of aromatic nitrogens is 1. The van der Waals surface area contributed by atoms with Crippen LogP contribution in [-0.2, 0) is 11.2 Å². The fourth-order valence-corrected chi connectivity index (χ4v) is 2.68. The number of carbonyl (C=O) groups excluding carboxylic acids is 1. The Morgan fingerprint density at radius 3 is 2.81 bits per heavy atom. The van der Waals surface area contributed by atoms with Crippen LogP contribution in [0.4, 0.5) is 0 Å². The van der Waals surface area contributed by atoms with Gasteiger partial charge in [-0.15, -0.1) is 0 Å². The predicted octanol–water partition coefficient (Wildman–Crippen LogP) is 1.55. The summed E-state index contributed by atoms with van der Waals surface area (Å²) in [6.07, 6.45) is 3.12. The second-order valence-corrected chi connectivity index (χ2v) is 6.03. The molecular formula is C15H25N3O3. The number of likely N-dealkylation sites (tertiary alicyclic amines) is 1. The molecular weight excluding hydrogens is 270 g/mol. The molecule has 1 aliphatic rings. The van der Waals surface area contributed by atoms with Crippen LogP contribution in [0, 0.1) is 5.92 Å².